The SMILES string of the molecule is CNC(CO)c1sccc1Cl. The molecule has 0 spiro atoms. The standard InChI is InChI=1S/C7H10ClNOS/c1-9-6(4-10)7-5(8)2-3-11-7/h2-3,6,9-10H,4H2,1H3. The van der Waals surface area contributed by atoms with E-state index in [-0.39, 0.29) is 12.6 Å². The molecule has 0 aliphatic heterocycles. The highest BCUT2D eigenvalue weighted by Gasteiger charge is 2.12. The molecule has 0 amide bonds. The number of aliphatic hydroxyl groups is 1. The molecule has 2 nitrogen and oxygen atoms in total. The lowest BCUT2D eigenvalue weighted by molar-refractivity contribution is 0.253. The molecule has 0 aliphatic carbocycles. The van der Waals surface area contributed by atoms with Crippen LogP contribution in [0.3, 0.4) is 0 Å². The number of rotatable bonds is 3. The monoisotopic (exact) mass is 191 g/mol. The van der Waals surface area contributed by atoms with Crippen molar-refractivity contribution >= 4 is 22.9 Å². The highest BCUT2D eigenvalue weighted by atomic mass is 35.5. The Morgan fingerprint density at radius 1 is 1.82 bits per heavy atom. The molecular weight excluding hydrogens is 182 g/mol. The minimum Gasteiger partial charge on any atom is -0.394 e. The number of thiophene rings is 1. The predicted molar refractivity (Wildman–Crippen MR) is 48.2 cm³/mol. The van der Waals surface area contributed by atoms with E-state index in [1.165, 1.54) is 0 Å². The van der Waals surface area contributed by atoms with Crippen molar-refractivity contribution in [1.29, 1.82) is 0 Å². The molecule has 2 N–H and O–H groups in total. The van der Waals surface area contributed by atoms with Crippen LogP contribution in [0.15, 0.2) is 11.4 Å². The third-order valence-corrected chi connectivity index (χ3v) is 2.96. The van der Waals surface area contributed by atoms with Crippen LogP contribution in [0.1, 0.15) is 10.9 Å². The Labute approximate surface area is 74.8 Å². The van der Waals surface area contributed by atoms with Crippen LogP contribution < -0.4 is 5.32 Å². The van der Waals surface area contributed by atoms with Crippen molar-refractivity contribution in [1.82, 2.24) is 5.32 Å². The molecule has 62 valence electrons. The molecule has 1 aromatic rings. The van der Waals surface area contributed by atoms with E-state index in [0.717, 1.165) is 9.90 Å². The minimum atomic E-state index is -0.0255. The number of hydrogen-bond donors (Lipinski definition) is 2. The maximum atomic E-state index is 8.91. The van der Waals surface area contributed by atoms with Crippen LogP contribution in [-0.4, -0.2) is 18.8 Å². The summed E-state index contributed by atoms with van der Waals surface area (Å²) in [6, 6.07) is 1.81. The first-order chi connectivity index (χ1) is 5.29. The van der Waals surface area contributed by atoms with Gasteiger partial charge < -0.3 is 10.4 Å². The Hall–Kier alpha value is -0.0900. The van der Waals surface area contributed by atoms with Gasteiger partial charge >= 0.3 is 0 Å². The Bertz CT molecular complexity index is 222. The molecule has 0 aliphatic rings. The van der Waals surface area contributed by atoms with Gasteiger partial charge in [0.2, 0.25) is 0 Å². The lowest BCUT2D eigenvalue weighted by Crippen LogP contribution is -2.18. The van der Waals surface area contributed by atoms with Gasteiger partial charge in [-0.2, -0.15) is 0 Å². The highest BCUT2D eigenvalue weighted by Crippen LogP contribution is 2.27. The van der Waals surface area contributed by atoms with Crippen LogP contribution in [0.5, 0.6) is 0 Å². The van der Waals surface area contributed by atoms with E-state index >= 15 is 0 Å². The second-order valence-corrected chi connectivity index (χ2v) is 3.51. The molecule has 0 saturated carbocycles. The third-order valence-electron chi connectivity index (χ3n) is 1.49. The first-order valence-corrected chi connectivity index (χ1v) is 4.56. The van der Waals surface area contributed by atoms with E-state index in [4.69, 9.17) is 16.7 Å². The van der Waals surface area contributed by atoms with Crippen LogP contribution in [-0.2, 0) is 0 Å². The molecule has 1 atom stereocenters. The summed E-state index contributed by atoms with van der Waals surface area (Å²) < 4.78 is 0. The van der Waals surface area contributed by atoms with E-state index in [1.807, 2.05) is 11.4 Å². The zero-order valence-corrected chi connectivity index (χ0v) is 7.75. The van der Waals surface area contributed by atoms with Crippen LogP contribution in [0.25, 0.3) is 0 Å². The number of nitrogens with one attached hydrogen (secondary N) is 1. The van der Waals surface area contributed by atoms with E-state index in [2.05, 4.69) is 5.32 Å². The van der Waals surface area contributed by atoms with Gasteiger partial charge in [0.1, 0.15) is 0 Å². The zero-order chi connectivity index (χ0) is 8.27. The van der Waals surface area contributed by atoms with Crippen LogP contribution in [0, 0.1) is 0 Å². The Kier molecular flexibility index (Phi) is 3.33. The second-order valence-electron chi connectivity index (χ2n) is 2.16. The summed E-state index contributed by atoms with van der Waals surface area (Å²) in [7, 11) is 1.80. The molecule has 0 fully saturated rings. The molecule has 11 heavy (non-hydrogen) atoms. The zero-order valence-electron chi connectivity index (χ0n) is 6.17. The Balaban J connectivity index is 2.81. The van der Waals surface area contributed by atoms with Crippen molar-refractivity contribution in [3.8, 4) is 0 Å². The normalized spacial score (nSPS) is 13.4. The van der Waals surface area contributed by atoms with E-state index in [9.17, 15) is 0 Å². The van der Waals surface area contributed by atoms with Crippen molar-refractivity contribution in [2.75, 3.05) is 13.7 Å². The molecule has 1 rings (SSSR count). The molecule has 0 radical (unpaired) electrons. The lowest BCUT2D eigenvalue weighted by atomic mass is 10.2. The smallest absolute Gasteiger partial charge is 0.0662 e. The largest absolute Gasteiger partial charge is 0.394 e. The average molecular weight is 192 g/mol. The second kappa shape index (κ2) is 4.07. The first kappa shape index (κ1) is 9.00. The summed E-state index contributed by atoms with van der Waals surface area (Å²) in [6.45, 7) is 0.0801. The van der Waals surface area contributed by atoms with E-state index < -0.39 is 0 Å². The van der Waals surface area contributed by atoms with Crippen LogP contribution in [0.4, 0.5) is 0 Å². The fraction of sp³-hybridized carbons (Fsp3) is 0.429. The predicted octanol–water partition coefficient (Wildman–Crippen LogP) is 1.65. The summed E-state index contributed by atoms with van der Waals surface area (Å²) >= 11 is 7.40. The van der Waals surface area contributed by atoms with Gasteiger partial charge in [-0.15, -0.1) is 11.3 Å². The summed E-state index contributed by atoms with van der Waals surface area (Å²) in [5, 5.41) is 14.5. The molecule has 1 heterocycles. The van der Waals surface area contributed by atoms with E-state index in [0.29, 0.717) is 0 Å². The molecule has 0 saturated heterocycles. The average Bonchev–Trinajstić information content (AvgIpc) is 2.40. The maximum absolute atomic E-state index is 8.91. The van der Waals surface area contributed by atoms with Crippen molar-refractivity contribution in [2.45, 2.75) is 6.04 Å². The van der Waals surface area contributed by atoms with Gasteiger partial charge in [0, 0.05) is 4.88 Å². The van der Waals surface area contributed by atoms with Gasteiger partial charge in [-0.25, -0.2) is 0 Å². The fourth-order valence-electron chi connectivity index (χ4n) is 0.859. The molecule has 0 bridgehead atoms. The van der Waals surface area contributed by atoms with Crippen molar-refractivity contribution in [3.05, 3.63) is 21.3 Å². The van der Waals surface area contributed by atoms with Crippen LogP contribution >= 0.6 is 22.9 Å². The quantitative estimate of drug-likeness (QED) is 0.762. The summed E-state index contributed by atoms with van der Waals surface area (Å²) in [5.41, 5.74) is 0. The number of likely N-dealkylation sites (N-methyl/N-ethyl adjacent to an activating group) is 1. The van der Waals surface area contributed by atoms with E-state index in [1.54, 1.807) is 18.4 Å². The van der Waals surface area contributed by atoms with Crippen molar-refractivity contribution in [3.63, 3.8) is 0 Å². The van der Waals surface area contributed by atoms with Crippen molar-refractivity contribution in [2.24, 2.45) is 0 Å². The third kappa shape index (κ3) is 1.93. The molecule has 4 heteroatoms. The minimum absolute atomic E-state index is 0.0255. The summed E-state index contributed by atoms with van der Waals surface area (Å²) in [5.74, 6) is 0. The van der Waals surface area contributed by atoms with Gasteiger partial charge in [0.05, 0.1) is 17.7 Å². The Morgan fingerprint density at radius 3 is 2.91 bits per heavy atom. The molecule has 1 aromatic heterocycles. The van der Waals surface area contributed by atoms with Crippen LogP contribution in [0.2, 0.25) is 5.02 Å². The molecule has 0 aromatic carbocycles. The number of aliphatic hydroxyl groups excluding tert-OH is 1. The lowest BCUT2D eigenvalue weighted by Gasteiger charge is -2.10. The summed E-state index contributed by atoms with van der Waals surface area (Å²) in [4.78, 5) is 0.997. The van der Waals surface area contributed by atoms with Crippen molar-refractivity contribution < 1.29 is 5.11 Å². The van der Waals surface area contributed by atoms with Gasteiger partial charge in [0.15, 0.2) is 0 Å². The van der Waals surface area contributed by atoms with Gasteiger partial charge in [0.25, 0.3) is 0 Å². The highest BCUT2D eigenvalue weighted by molar-refractivity contribution is 7.10. The Morgan fingerprint density at radius 2 is 2.55 bits per heavy atom. The maximum Gasteiger partial charge on any atom is 0.0662 e. The fourth-order valence-corrected chi connectivity index (χ4v) is 2.15. The van der Waals surface area contributed by atoms with Gasteiger partial charge in [-0.1, -0.05) is 11.6 Å². The van der Waals surface area contributed by atoms with Gasteiger partial charge in [-0.3, -0.25) is 0 Å². The molecular formula is C7H10ClNOS. The first-order valence-electron chi connectivity index (χ1n) is 3.30. The topological polar surface area (TPSA) is 32.3 Å². The number of hydrogen-bond acceptors (Lipinski definition) is 3. The summed E-state index contributed by atoms with van der Waals surface area (Å²) in [6.07, 6.45) is 0. The molecule has 1 unspecified atom stereocenters. The van der Waals surface area contributed by atoms with Gasteiger partial charge in [-0.05, 0) is 18.5 Å². The number of halogens is 1.